The van der Waals surface area contributed by atoms with Gasteiger partial charge in [-0.2, -0.15) is 11.8 Å². The standard InChI is InChI=1S/C13H21NO3S/c1-10(2)5-7-18-9-13(16)14-11(8-15)12-4-3-6-17-12/h3-4,6,10-11,15H,5,7-9H2,1-2H3,(H,14,16). The molecule has 0 fully saturated rings. The van der Waals surface area contributed by atoms with E-state index in [9.17, 15) is 9.90 Å². The number of hydrogen-bond donors (Lipinski definition) is 2. The minimum Gasteiger partial charge on any atom is -0.467 e. The van der Waals surface area contributed by atoms with Gasteiger partial charge in [-0.3, -0.25) is 4.79 Å². The third-order valence-electron chi connectivity index (χ3n) is 2.48. The van der Waals surface area contributed by atoms with Gasteiger partial charge >= 0.3 is 0 Å². The molecule has 1 rings (SSSR count). The summed E-state index contributed by atoms with van der Waals surface area (Å²) >= 11 is 1.62. The molecule has 0 aliphatic rings. The van der Waals surface area contributed by atoms with E-state index >= 15 is 0 Å². The van der Waals surface area contributed by atoms with E-state index in [1.165, 1.54) is 6.26 Å². The molecule has 18 heavy (non-hydrogen) atoms. The Bertz CT molecular complexity index is 338. The van der Waals surface area contributed by atoms with Crippen molar-refractivity contribution in [3.63, 3.8) is 0 Å². The number of aliphatic hydroxyl groups excluding tert-OH is 1. The molecule has 5 heteroatoms. The largest absolute Gasteiger partial charge is 0.467 e. The van der Waals surface area contributed by atoms with Crippen LogP contribution >= 0.6 is 11.8 Å². The fourth-order valence-electron chi connectivity index (χ4n) is 1.42. The highest BCUT2D eigenvalue weighted by Crippen LogP contribution is 2.13. The molecule has 0 radical (unpaired) electrons. The molecule has 1 aromatic heterocycles. The third-order valence-corrected chi connectivity index (χ3v) is 3.47. The highest BCUT2D eigenvalue weighted by Gasteiger charge is 2.15. The molecular formula is C13H21NO3S. The minimum absolute atomic E-state index is 0.0702. The molecule has 1 amide bonds. The Balaban J connectivity index is 2.26. The van der Waals surface area contributed by atoms with Gasteiger partial charge in [-0.25, -0.2) is 0 Å². The predicted molar refractivity (Wildman–Crippen MR) is 73.5 cm³/mol. The van der Waals surface area contributed by atoms with E-state index in [1.807, 2.05) is 0 Å². The van der Waals surface area contributed by atoms with Crippen molar-refractivity contribution in [2.45, 2.75) is 26.3 Å². The van der Waals surface area contributed by atoms with Crippen LogP contribution in [0.25, 0.3) is 0 Å². The van der Waals surface area contributed by atoms with Crippen molar-refractivity contribution >= 4 is 17.7 Å². The Hall–Kier alpha value is -0.940. The second-order valence-corrected chi connectivity index (χ2v) is 5.66. The van der Waals surface area contributed by atoms with Crippen LogP contribution in [0.3, 0.4) is 0 Å². The number of carbonyl (C=O) groups excluding carboxylic acids is 1. The summed E-state index contributed by atoms with van der Waals surface area (Å²) in [4.78, 5) is 11.7. The van der Waals surface area contributed by atoms with E-state index in [4.69, 9.17) is 4.42 Å². The van der Waals surface area contributed by atoms with Crippen LogP contribution in [0, 0.1) is 5.92 Å². The van der Waals surface area contributed by atoms with Gasteiger partial charge < -0.3 is 14.8 Å². The zero-order valence-electron chi connectivity index (χ0n) is 10.9. The Labute approximate surface area is 112 Å². The first kappa shape index (κ1) is 15.1. The monoisotopic (exact) mass is 271 g/mol. The number of hydrogen-bond acceptors (Lipinski definition) is 4. The first-order valence-corrected chi connectivity index (χ1v) is 7.30. The maximum absolute atomic E-state index is 11.7. The van der Waals surface area contributed by atoms with Crippen LogP contribution in [0.1, 0.15) is 32.1 Å². The smallest absolute Gasteiger partial charge is 0.230 e. The van der Waals surface area contributed by atoms with Gasteiger partial charge in [-0.15, -0.1) is 0 Å². The molecular weight excluding hydrogens is 250 g/mol. The van der Waals surface area contributed by atoms with E-state index in [1.54, 1.807) is 23.9 Å². The highest BCUT2D eigenvalue weighted by atomic mass is 32.2. The summed E-state index contributed by atoms with van der Waals surface area (Å²) in [6.07, 6.45) is 2.64. The van der Waals surface area contributed by atoms with Crippen LogP contribution in [0.15, 0.2) is 22.8 Å². The Morgan fingerprint density at radius 2 is 2.33 bits per heavy atom. The van der Waals surface area contributed by atoms with E-state index in [0.717, 1.165) is 12.2 Å². The number of thioether (sulfide) groups is 1. The molecule has 2 N–H and O–H groups in total. The molecule has 0 bridgehead atoms. The lowest BCUT2D eigenvalue weighted by Gasteiger charge is -2.13. The summed E-state index contributed by atoms with van der Waals surface area (Å²) in [6, 6.07) is 3.03. The molecule has 0 saturated carbocycles. The minimum atomic E-state index is -0.446. The maximum atomic E-state index is 11.7. The molecule has 1 aromatic rings. The quantitative estimate of drug-likeness (QED) is 0.712. The first-order chi connectivity index (χ1) is 8.63. The molecule has 0 aliphatic heterocycles. The topological polar surface area (TPSA) is 62.5 Å². The lowest BCUT2D eigenvalue weighted by atomic mass is 10.2. The second kappa shape index (κ2) is 8.21. The molecule has 4 nitrogen and oxygen atoms in total. The van der Waals surface area contributed by atoms with E-state index in [-0.39, 0.29) is 12.5 Å². The van der Waals surface area contributed by atoms with Gasteiger partial charge in [0, 0.05) is 0 Å². The van der Waals surface area contributed by atoms with E-state index in [0.29, 0.717) is 17.4 Å². The second-order valence-electron chi connectivity index (χ2n) is 4.55. The molecule has 1 atom stereocenters. The van der Waals surface area contributed by atoms with Crippen molar-refractivity contribution in [3.05, 3.63) is 24.2 Å². The average molecular weight is 271 g/mol. The number of carbonyl (C=O) groups is 1. The molecule has 0 spiro atoms. The molecule has 1 unspecified atom stereocenters. The molecule has 102 valence electrons. The lowest BCUT2D eigenvalue weighted by molar-refractivity contribution is -0.119. The van der Waals surface area contributed by atoms with Gasteiger partial charge in [0.2, 0.25) is 5.91 Å². The van der Waals surface area contributed by atoms with Gasteiger partial charge in [-0.05, 0) is 30.2 Å². The number of furan rings is 1. The van der Waals surface area contributed by atoms with Crippen LogP contribution in [0.4, 0.5) is 0 Å². The fourth-order valence-corrected chi connectivity index (χ4v) is 2.47. The van der Waals surface area contributed by atoms with Crippen LogP contribution in [0.2, 0.25) is 0 Å². The Morgan fingerprint density at radius 3 is 2.89 bits per heavy atom. The van der Waals surface area contributed by atoms with Crippen molar-refractivity contribution in [1.82, 2.24) is 5.32 Å². The molecule has 0 aromatic carbocycles. The van der Waals surface area contributed by atoms with E-state index < -0.39 is 6.04 Å². The SMILES string of the molecule is CC(C)CCSCC(=O)NC(CO)c1ccco1. The van der Waals surface area contributed by atoms with Crippen LogP contribution in [-0.4, -0.2) is 29.1 Å². The third kappa shape index (κ3) is 5.60. The molecule has 0 saturated heterocycles. The first-order valence-electron chi connectivity index (χ1n) is 6.14. The summed E-state index contributed by atoms with van der Waals surface area (Å²) in [6.45, 7) is 4.18. The van der Waals surface area contributed by atoms with Crippen molar-refractivity contribution < 1.29 is 14.3 Å². The van der Waals surface area contributed by atoms with Gasteiger partial charge in [0.15, 0.2) is 0 Å². The van der Waals surface area contributed by atoms with Crippen LogP contribution in [0.5, 0.6) is 0 Å². The van der Waals surface area contributed by atoms with Gasteiger partial charge in [-0.1, -0.05) is 13.8 Å². The van der Waals surface area contributed by atoms with E-state index in [2.05, 4.69) is 19.2 Å². The average Bonchev–Trinajstić information content (AvgIpc) is 2.85. The highest BCUT2D eigenvalue weighted by molar-refractivity contribution is 7.99. The summed E-state index contributed by atoms with van der Waals surface area (Å²) in [5.41, 5.74) is 0. The Morgan fingerprint density at radius 1 is 1.56 bits per heavy atom. The zero-order chi connectivity index (χ0) is 13.4. The number of amides is 1. The van der Waals surface area contributed by atoms with Crippen molar-refractivity contribution in [1.29, 1.82) is 0 Å². The summed E-state index contributed by atoms with van der Waals surface area (Å²) in [5.74, 6) is 2.57. The number of aliphatic hydroxyl groups is 1. The van der Waals surface area contributed by atoms with Crippen molar-refractivity contribution in [3.8, 4) is 0 Å². The van der Waals surface area contributed by atoms with Gasteiger partial charge in [0.1, 0.15) is 11.8 Å². The predicted octanol–water partition coefficient (Wildman–Crippen LogP) is 2.21. The van der Waals surface area contributed by atoms with Crippen molar-refractivity contribution in [2.75, 3.05) is 18.1 Å². The summed E-state index contributed by atoms with van der Waals surface area (Å²) in [5, 5.41) is 12.0. The molecule has 1 heterocycles. The lowest BCUT2D eigenvalue weighted by Crippen LogP contribution is -2.31. The van der Waals surface area contributed by atoms with Gasteiger partial charge in [0.25, 0.3) is 0 Å². The summed E-state index contributed by atoms with van der Waals surface area (Å²) in [7, 11) is 0. The van der Waals surface area contributed by atoms with Crippen LogP contribution < -0.4 is 5.32 Å². The number of rotatable bonds is 8. The number of nitrogens with one attached hydrogen (secondary N) is 1. The van der Waals surface area contributed by atoms with Crippen molar-refractivity contribution in [2.24, 2.45) is 5.92 Å². The maximum Gasteiger partial charge on any atom is 0.230 e. The zero-order valence-corrected chi connectivity index (χ0v) is 11.7. The normalized spacial score (nSPS) is 12.7. The molecule has 0 aliphatic carbocycles. The van der Waals surface area contributed by atoms with Gasteiger partial charge in [0.05, 0.1) is 18.6 Å². The Kier molecular flexibility index (Phi) is 6.90. The fraction of sp³-hybridized carbons (Fsp3) is 0.615. The van der Waals surface area contributed by atoms with Crippen LogP contribution in [-0.2, 0) is 4.79 Å². The summed E-state index contributed by atoms with van der Waals surface area (Å²) < 4.78 is 5.16.